The molecule has 0 spiro atoms. The fourth-order valence-electron chi connectivity index (χ4n) is 3.42. The van der Waals surface area contributed by atoms with Crippen LogP contribution in [0.2, 0.25) is 5.02 Å². The summed E-state index contributed by atoms with van der Waals surface area (Å²) < 4.78 is 19.2. The van der Waals surface area contributed by atoms with Crippen molar-refractivity contribution < 1.29 is 23.8 Å². The smallest absolute Gasteiger partial charge is 0.410 e. The van der Waals surface area contributed by atoms with E-state index in [4.69, 9.17) is 21.4 Å². The molecule has 2 aromatic carbocycles. The van der Waals surface area contributed by atoms with Gasteiger partial charge in [-0.1, -0.05) is 11.6 Å². The van der Waals surface area contributed by atoms with Gasteiger partial charge in [-0.3, -0.25) is 0 Å². The topological polar surface area (TPSA) is 70.1 Å². The molecule has 1 aliphatic rings. The number of likely N-dealkylation sites (tertiary alicyclic amines) is 1. The van der Waals surface area contributed by atoms with Crippen LogP contribution in [0.25, 0.3) is 0 Å². The molecule has 0 radical (unpaired) electrons. The normalized spacial score (nSPS) is 16.4. The van der Waals surface area contributed by atoms with Gasteiger partial charge >= 0.3 is 12.1 Å². The second-order valence-electron chi connectivity index (χ2n) is 8.19. The Labute approximate surface area is 179 Å². The van der Waals surface area contributed by atoms with Crippen molar-refractivity contribution in [3.8, 4) is 0 Å². The van der Waals surface area contributed by atoms with Gasteiger partial charge in [0.25, 0.3) is 0 Å². The minimum atomic E-state index is -1.02. The summed E-state index contributed by atoms with van der Waals surface area (Å²) in [5, 5.41) is 9.16. The van der Waals surface area contributed by atoms with Crippen molar-refractivity contribution in [3.05, 3.63) is 58.9 Å². The van der Waals surface area contributed by atoms with Crippen molar-refractivity contribution in [2.75, 3.05) is 18.0 Å². The third-order valence-corrected chi connectivity index (χ3v) is 5.04. The maximum atomic E-state index is 13.7. The molecule has 1 saturated heterocycles. The number of nitrogens with zero attached hydrogens (tertiary/aromatic N) is 2. The zero-order valence-corrected chi connectivity index (χ0v) is 17.8. The van der Waals surface area contributed by atoms with Gasteiger partial charge in [0.2, 0.25) is 0 Å². The second kappa shape index (κ2) is 8.52. The lowest BCUT2D eigenvalue weighted by Gasteiger charge is -2.32. The zero-order valence-electron chi connectivity index (χ0n) is 17.1. The van der Waals surface area contributed by atoms with E-state index < -0.39 is 17.4 Å². The van der Waals surface area contributed by atoms with Gasteiger partial charge in [0.1, 0.15) is 11.4 Å². The van der Waals surface area contributed by atoms with Crippen LogP contribution in [0.4, 0.5) is 20.6 Å². The molecule has 6 nitrogen and oxygen atoms in total. The second-order valence-corrected chi connectivity index (χ2v) is 8.60. The molecular weight excluding hydrogens is 411 g/mol. The molecule has 1 heterocycles. The Hall–Kier alpha value is -2.80. The highest BCUT2D eigenvalue weighted by Crippen LogP contribution is 2.34. The average molecular weight is 435 g/mol. The largest absolute Gasteiger partial charge is 0.478 e. The Morgan fingerprint density at radius 2 is 1.80 bits per heavy atom. The molecule has 3 rings (SSSR count). The Morgan fingerprint density at radius 3 is 2.37 bits per heavy atom. The van der Waals surface area contributed by atoms with Crippen molar-refractivity contribution in [1.82, 2.24) is 4.90 Å². The predicted octanol–water partition coefficient (Wildman–Crippen LogP) is 5.32. The first-order valence-corrected chi connectivity index (χ1v) is 9.98. The lowest BCUT2D eigenvalue weighted by molar-refractivity contribution is 0.0292. The lowest BCUT2D eigenvalue weighted by atomic mass is 10.1. The van der Waals surface area contributed by atoms with E-state index >= 15 is 0 Å². The number of aromatic carboxylic acids is 1. The van der Waals surface area contributed by atoms with Crippen LogP contribution in [-0.4, -0.2) is 46.8 Å². The van der Waals surface area contributed by atoms with Gasteiger partial charge < -0.3 is 19.6 Å². The Morgan fingerprint density at radius 1 is 1.17 bits per heavy atom. The molecule has 0 aromatic heterocycles. The highest BCUT2D eigenvalue weighted by atomic mass is 35.5. The van der Waals surface area contributed by atoms with Gasteiger partial charge in [0.05, 0.1) is 16.6 Å². The monoisotopic (exact) mass is 434 g/mol. The van der Waals surface area contributed by atoms with Gasteiger partial charge in [0.15, 0.2) is 0 Å². The summed E-state index contributed by atoms with van der Waals surface area (Å²) in [6.07, 6.45) is 0.276. The zero-order chi connectivity index (χ0) is 22.1. The predicted molar refractivity (Wildman–Crippen MR) is 113 cm³/mol. The van der Waals surface area contributed by atoms with Crippen LogP contribution in [0.3, 0.4) is 0 Å². The number of hydrogen-bond acceptors (Lipinski definition) is 4. The first-order chi connectivity index (χ1) is 14.0. The highest BCUT2D eigenvalue weighted by Gasteiger charge is 2.34. The molecule has 1 aliphatic heterocycles. The number of hydrogen-bond donors (Lipinski definition) is 1. The molecule has 0 bridgehead atoms. The number of carboxylic acids is 1. The number of halogens is 2. The van der Waals surface area contributed by atoms with Gasteiger partial charge in [-0.05, 0) is 69.7 Å². The molecule has 1 N–H and O–H groups in total. The first kappa shape index (κ1) is 21.9. The van der Waals surface area contributed by atoms with E-state index in [-0.39, 0.29) is 22.7 Å². The summed E-state index contributed by atoms with van der Waals surface area (Å²) in [5.41, 5.74) is 0.948. The van der Waals surface area contributed by atoms with Gasteiger partial charge in [0, 0.05) is 24.5 Å². The first-order valence-electron chi connectivity index (χ1n) is 9.61. The van der Waals surface area contributed by atoms with Gasteiger partial charge in [-0.15, -0.1) is 0 Å². The van der Waals surface area contributed by atoms with E-state index in [1.165, 1.54) is 24.3 Å². The Kier molecular flexibility index (Phi) is 6.22. The molecular formula is C22H24ClFN2O4. The van der Waals surface area contributed by atoms with Gasteiger partial charge in [-0.25, -0.2) is 14.0 Å². The maximum absolute atomic E-state index is 13.7. The molecule has 0 aliphatic carbocycles. The van der Waals surface area contributed by atoms with Crippen LogP contribution in [0.1, 0.15) is 37.6 Å². The molecule has 160 valence electrons. The summed E-state index contributed by atoms with van der Waals surface area (Å²) in [6, 6.07) is 10.7. The van der Waals surface area contributed by atoms with E-state index in [9.17, 15) is 14.0 Å². The van der Waals surface area contributed by atoms with E-state index in [0.29, 0.717) is 25.2 Å². The van der Waals surface area contributed by atoms with Crippen molar-refractivity contribution in [2.45, 2.75) is 38.8 Å². The van der Waals surface area contributed by atoms with Gasteiger partial charge in [-0.2, -0.15) is 0 Å². The SMILES string of the molecule is CC(C)(C)OC(=O)N1CCC(N(c2ccc(C(=O)O)cc2)c2ccc(F)c(Cl)c2)C1. The molecule has 2 aromatic rings. The highest BCUT2D eigenvalue weighted by molar-refractivity contribution is 6.31. The van der Waals surface area contributed by atoms with Crippen LogP contribution in [-0.2, 0) is 4.74 Å². The van der Waals surface area contributed by atoms with E-state index in [1.807, 2.05) is 25.7 Å². The Bertz CT molecular complexity index is 943. The molecule has 30 heavy (non-hydrogen) atoms. The number of benzene rings is 2. The summed E-state index contributed by atoms with van der Waals surface area (Å²) in [5.74, 6) is -1.54. The van der Waals surface area contributed by atoms with E-state index in [1.54, 1.807) is 23.1 Å². The summed E-state index contributed by atoms with van der Waals surface area (Å²) in [7, 11) is 0. The van der Waals surface area contributed by atoms with Crippen LogP contribution < -0.4 is 4.90 Å². The van der Waals surface area contributed by atoms with Crippen molar-refractivity contribution in [3.63, 3.8) is 0 Å². The third-order valence-electron chi connectivity index (χ3n) is 4.75. The lowest BCUT2D eigenvalue weighted by Crippen LogP contribution is -2.39. The fraction of sp³-hybridized carbons (Fsp3) is 0.364. The number of carbonyl (C=O) groups is 2. The summed E-state index contributed by atoms with van der Waals surface area (Å²) in [6.45, 7) is 6.36. The minimum absolute atomic E-state index is 0.0124. The average Bonchev–Trinajstić information content (AvgIpc) is 3.14. The standard InChI is InChI=1S/C22H24ClFN2O4/c1-22(2,3)30-21(29)25-11-10-17(13-25)26(16-8-9-19(24)18(23)12-16)15-6-4-14(5-7-15)20(27)28/h4-9,12,17H,10-11,13H2,1-3H3,(H,27,28). The van der Waals surface area contributed by atoms with Crippen molar-refractivity contribution in [1.29, 1.82) is 0 Å². The molecule has 1 unspecified atom stereocenters. The third kappa shape index (κ3) is 5.02. The number of amides is 1. The Balaban J connectivity index is 1.91. The van der Waals surface area contributed by atoms with E-state index in [0.717, 1.165) is 5.69 Å². The summed E-state index contributed by atoms with van der Waals surface area (Å²) >= 11 is 6.01. The maximum Gasteiger partial charge on any atom is 0.410 e. The van der Waals surface area contributed by atoms with Crippen molar-refractivity contribution in [2.24, 2.45) is 0 Å². The number of carbonyl (C=O) groups excluding carboxylic acids is 1. The van der Waals surface area contributed by atoms with Crippen LogP contribution in [0.5, 0.6) is 0 Å². The van der Waals surface area contributed by atoms with Crippen LogP contribution in [0.15, 0.2) is 42.5 Å². The molecule has 0 saturated carbocycles. The molecule has 1 atom stereocenters. The number of carboxylic acid groups (broad SMARTS) is 1. The molecule has 1 fully saturated rings. The molecule has 1 amide bonds. The fourth-order valence-corrected chi connectivity index (χ4v) is 3.59. The number of anilines is 2. The number of rotatable bonds is 4. The van der Waals surface area contributed by atoms with Crippen LogP contribution in [0, 0.1) is 5.82 Å². The van der Waals surface area contributed by atoms with E-state index in [2.05, 4.69) is 0 Å². The van der Waals surface area contributed by atoms with Crippen molar-refractivity contribution >= 4 is 35.0 Å². The van der Waals surface area contributed by atoms with Crippen LogP contribution >= 0.6 is 11.6 Å². The minimum Gasteiger partial charge on any atom is -0.478 e. The quantitative estimate of drug-likeness (QED) is 0.704. The summed E-state index contributed by atoms with van der Waals surface area (Å²) in [4.78, 5) is 27.2. The number of ether oxygens (including phenoxy) is 1. The molecule has 8 heteroatoms.